The number of rotatable bonds is 6. The highest BCUT2D eigenvalue weighted by Gasteiger charge is 2.19. The van der Waals surface area contributed by atoms with Crippen LogP contribution in [0.4, 0.5) is 0 Å². The van der Waals surface area contributed by atoms with Crippen molar-refractivity contribution in [3.05, 3.63) is 36.1 Å². The Labute approximate surface area is 124 Å². The van der Waals surface area contributed by atoms with E-state index in [1.807, 2.05) is 19.9 Å². The molecule has 2 heteroatoms. The molecule has 0 spiro atoms. The molecule has 0 aromatic carbocycles. The van der Waals surface area contributed by atoms with Crippen LogP contribution in [0.15, 0.2) is 36.1 Å². The van der Waals surface area contributed by atoms with Crippen molar-refractivity contribution in [3.63, 3.8) is 0 Å². The summed E-state index contributed by atoms with van der Waals surface area (Å²) in [6.45, 7) is 9.93. The lowest BCUT2D eigenvalue weighted by atomic mass is 9.85. The van der Waals surface area contributed by atoms with E-state index in [2.05, 4.69) is 13.5 Å². The molecule has 0 radical (unpaired) electrons. The number of hydrogen-bond donors (Lipinski definition) is 1. The van der Waals surface area contributed by atoms with Crippen molar-refractivity contribution in [2.75, 3.05) is 0 Å². The fraction of sp³-hybridized carbons (Fsp3) is 0.611. The molecule has 0 saturated heterocycles. The number of ketones is 1. The normalized spacial score (nSPS) is 18.4. The van der Waals surface area contributed by atoms with Gasteiger partial charge in [-0.25, -0.2) is 0 Å². The van der Waals surface area contributed by atoms with E-state index < -0.39 is 0 Å². The second kappa shape index (κ2) is 11.5. The molecule has 1 unspecified atom stereocenters. The molecule has 20 heavy (non-hydrogen) atoms. The standard InChI is InChI=1S/C10H14O.C8H16O/c1-7(2)9-5-4-8(3)10(11)6-9;1-2-3-4-5-6-7-8-9/h4,9H,1,5-6H2,2-3H3;7-9H,2-6H2,1H3. The van der Waals surface area contributed by atoms with Crippen molar-refractivity contribution in [2.24, 2.45) is 5.92 Å². The molecule has 1 aliphatic carbocycles. The van der Waals surface area contributed by atoms with Crippen LogP contribution >= 0.6 is 0 Å². The van der Waals surface area contributed by atoms with Crippen LogP contribution in [-0.2, 0) is 4.79 Å². The average molecular weight is 278 g/mol. The molecule has 0 aromatic heterocycles. The summed E-state index contributed by atoms with van der Waals surface area (Å²) in [7, 11) is 0. The molecular weight excluding hydrogens is 248 g/mol. The van der Waals surface area contributed by atoms with Gasteiger partial charge in [0, 0.05) is 6.42 Å². The highest BCUT2D eigenvalue weighted by molar-refractivity contribution is 5.95. The van der Waals surface area contributed by atoms with Gasteiger partial charge >= 0.3 is 0 Å². The Bertz CT molecular complexity index is 350. The first-order valence-electron chi connectivity index (χ1n) is 7.67. The summed E-state index contributed by atoms with van der Waals surface area (Å²) in [4.78, 5) is 11.2. The van der Waals surface area contributed by atoms with E-state index in [1.165, 1.54) is 25.7 Å². The van der Waals surface area contributed by atoms with E-state index in [9.17, 15) is 4.79 Å². The van der Waals surface area contributed by atoms with Crippen LogP contribution in [0.3, 0.4) is 0 Å². The molecular formula is C18H30O2. The van der Waals surface area contributed by atoms with Gasteiger partial charge in [-0.15, -0.1) is 0 Å². The van der Waals surface area contributed by atoms with Crippen LogP contribution < -0.4 is 0 Å². The van der Waals surface area contributed by atoms with E-state index in [1.54, 1.807) is 6.08 Å². The van der Waals surface area contributed by atoms with E-state index in [-0.39, 0.29) is 5.78 Å². The highest BCUT2D eigenvalue weighted by Crippen LogP contribution is 2.25. The van der Waals surface area contributed by atoms with Crippen molar-refractivity contribution >= 4 is 5.78 Å². The van der Waals surface area contributed by atoms with Gasteiger partial charge in [0.1, 0.15) is 0 Å². The smallest absolute Gasteiger partial charge is 0.158 e. The third-order valence-electron chi connectivity index (χ3n) is 3.61. The second-order valence-electron chi connectivity index (χ2n) is 5.53. The lowest BCUT2D eigenvalue weighted by Gasteiger charge is -2.18. The largest absolute Gasteiger partial charge is 0.516 e. The van der Waals surface area contributed by atoms with Crippen LogP contribution in [-0.4, -0.2) is 10.9 Å². The summed E-state index contributed by atoms with van der Waals surface area (Å²) >= 11 is 0. The molecule has 1 aliphatic rings. The maximum absolute atomic E-state index is 11.2. The predicted octanol–water partition coefficient (Wildman–Crippen LogP) is 5.52. The molecule has 0 amide bonds. The Morgan fingerprint density at radius 3 is 2.65 bits per heavy atom. The predicted molar refractivity (Wildman–Crippen MR) is 86.8 cm³/mol. The third kappa shape index (κ3) is 8.73. The quantitative estimate of drug-likeness (QED) is 0.395. The van der Waals surface area contributed by atoms with E-state index >= 15 is 0 Å². The van der Waals surface area contributed by atoms with E-state index in [0.29, 0.717) is 12.3 Å². The Morgan fingerprint density at radius 2 is 2.15 bits per heavy atom. The van der Waals surface area contributed by atoms with E-state index in [4.69, 9.17) is 5.11 Å². The van der Waals surface area contributed by atoms with Gasteiger partial charge in [-0.3, -0.25) is 4.79 Å². The van der Waals surface area contributed by atoms with Gasteiger partial charge in [0.25, 0.3) is 0 Å². The first-order chi connectivity index (χ1) is 9.52. The monoisotopic (exact) mass is 278 g/mol. The second-order valence-corrected chi connectivity index (χ2v) is 5.53. The van der Waals surface area contributed by atoms with Gasteiger partial charge in [-0.2, -0.15) is 0 Å². The number of carbonyl (C=O) groups is 1. The topological polar surface area (TPSA) is 37.3 Å². The fourth-order valence-corrected chi connectivity index (χ4v) is 2.04. The minimum atomic E-state index is 0.282. The maximum Gasteiger partial charge on any atom is 0.158 e. The summed E-state index contributed by atoms with van der Waals surface area (Å²) in [5.41, 5.74) is 2.05. The Morgan fingerprint density at radius 1 is 1.45 bits per heavy atom. The minimum absolute atomic E-state index is 0.282. The molecule has 0 aliphatic heterocycles. The van der Waals surface area contributed by atoms with Crippen LogP contribution in [0.2, 0.25) is 0 Å². The maximum atomic E-state index is 11.2. The summed E-state index contributed by atoms with van der Waals surface area (Å²) in [5.74, 6) is 0.676. The van der Waals surface area contributed by atoms with Crippen molar-refractivity contribution in [2.45, 2.75) is 65.7 Å². The zero-order chi connectivity index (χ0) is 15.4. The molecule has 0 saturated carbocycles. The van der Waals surface area contributed by atoms with Crippen LogP contribution in [0.1, 0.15) is 65.7 Å². The number of carbonyl (C=O) groups excluding carboxylic acids is 1. The first-order valence-corrected chi connectivity index (χ1v) is 7.67. The molecule has 0 fully saturated rings. The molecule has 0 bridgehead atoms. The summed E-state index contributed by atoms with van der Waals surface area (Å²) in [5, 5.41) is 8.24. The third-order valence-corrected chi connectivity index (χ3v) is 3.61. The number of unbranched alkanes of at least 4 members (excludes halogenated alkanes) is 4. The summed E-state index contributed by atoms with van der Waals surface area (Å²) in [6, 6.07) is 0. The average Bonchev–Trinajstić information content (AvgIpc) is 2.42. The number of Topliss-reactive ketones (excluding diaryl/α,β-unsaturated/α-hetero) is 1. The van der Waals surface area contributed by atoms with Crippen molar-refractivity contribution in [1.82, 2.24) is 0 Å². The van der Waals surface area contributed by atoms with Crippen LogP contribution in [0.5, 0.6) is 0 Å². The molecule has 2 nitrogen and oxygen atoms in total. The summed E-state index contributed by atoms with van der Waals surface area (Å²) in [6.07, 6.45) is 12.7. The lowest BCUT2D eigenvalue weighted by molar-refractivity contribution is -0.116. The molecule has 114 valence electrons. The zero-order valence-corrected chi connectivity index (χ0v) is 13.3. The van der Waals surface area contributed by atoms with Crippen molar-refractivity contribution in [3.8, 4) is 0 Å². The SMILES string of the molecule is C=C(C)C1CC=C(C)C(=O)C1.CCCCCCC=CO. The minimum Gasteiger partial charge on any atom is -0.516 e. The number of allylic oxidation sites excluding steroid dienone is 4. The Kier molecular flexibility index (Phi) is 10.8. The van der Waals surface area contributed by atoms with Crippen LogP contribution in [0.25, 0.3) is 0 Å². The van der Waals surface area contributed by atoms with Crippen molar-refractivity contribution in [1.29, 1.82) is 0 Å². The van der Waals surface area contributed by atoms with Gasteiger partial charge in [0.15, 0.2) is 5.78 Å². The zero-order valence-electron chi connectivity index (χ0n) is 13.3. The van der Waals surface area contributed by atoms with Crippen molar-refractivity contribution < 1.29 is 9.90 Å². The molecule has 0 aromatic rings. The van der Waals surface area contributed by atoms with Gasteiger partial charge in [0.05, 0.1) is 6.26 Å². The molecule has 1 N–H and O–H groups in total. The van der Waals surface area contributed by atoms with Gasteiger partial charge in [-0.1, -0.05) is 50.5 Å². The number of hydrogen-bond acceptors (Lipinski definition) is 2. The van der Waals surface area contributed by atoms with Gasteiger partial charge in [0.2, 0.25) is 0 Å². The number of aliphatic hydroxyl groups is 1. The number of aliphatic hydroxyl groups excluding tert-OH is 1. The lowest BCUT2D eigenvalue weighted by Crippen LogP contribution is -2.14. The molecule has 1 atom stereocenters. The molecule has 1 rings (SSSR count). The Hall–Kier alpha value is -1.31. The summed E-state index contributed by atoms with van der Waals surface area (Å²) < 4.78 is 0. The van der Waals surface area contributed by atoms with Crippen LogP contribution in [0, 0.1) is 5.92 Å². The van der Waals surface area contributed by atoms with Gasteiger partial charge in [-0.05, 0) is 44.6 Å². The first kappa shape index (κ1) is 18.7. The molecule has 0 heterocycles. The highest BCUT2D eigenvalue weighted by atomic mass is 16.2. The fourth-order valence-electron chi connectivity index (χ4n) is 2.04. The van der Waals surface area contributed by atoms with E-state index in [0.717, 1.165) is 30.2 Å². The Balaban J connectivity index is 0.000000370. The van der Waals surface area contributed by atoms with Gasteiger partial charge < -0.3 is 5.11 Å².